The number of terminal acetylenes is 1. The zero-order valence-electron chi connectivity index (χ0n) is 18.9. The molecule has 1 heterocycles. The molecule has 0 N–H and O–H groups in total. The maximum absolute atomic E-state index is 11.8. The molecule has 1 spiro atoms. The number of carbonyl (C=O) groups excluding carboxylic acids is 1. The Kier molecular flexibility index (Phi) is 6.51. The molecule has 0 radical (unpaired) electrons. The van der Waals surface area contributed by atoms with E-state index in [1.165, 1.54) is 6.42 Å². The first-order chi connectivity index (χ1) is 14.1. The Bertz CT molecular complexity index is 824. The van der Waals surface area contributed by atoms with Crippen molar-refractivity contribution in [3.8, 4) is 24.2 Å². The number of carbonyl (C=O) groups is 1. The van der Waals surface area contributed by atoms with Crippen LogP contribution < -0.4 is 0 Å². The number of hydrogen-bond donors (Lipinski definition) is 0. The average molecular weight is 427 g/mol. The van der Waals surface area contributed by atoms with Gasteiger partial charge in [0.1, 0.15) is 18.5 Å². The summed E-state index contributed by atoms with van der Waals surface area (Å²) in [6, 6.07) is 0. The van der Waals surface area contributed by atoms with Crippen molar-refractivity contribution < 1.29 is 18.7 Å². The lowest BCUT2D eigenvalue weighted by molar-refractivity contribution is -0.201. The van der Waals surface area contributed by atoms with Crippen LogP contribution in [-0.4, -0.2) is 38.2 Å². The Morgan fingerprint density at radius 1 is 1.20 bits per heavy atom. The molecule has 1 aliphatic heterocycles. The van der Waals surface area contributed by atoms with Gasteiger partial charge in [0.2, 0.25) is 0 Å². The first-order valence-electron chi connectivity index (χ1n) is 10.9. The molecule has 0 aromatic carbocycles. The van der Waals surface area contributed by atoms with Gasteiger partial charge in [0, 0.05) is 19.3 Å². The Morgan fingerprint density at radius 3 is 2.50 bits per heavy atom. The second-order valence-electron chi connectivity index (χ2n) is 10.1. The van der Waals surface area contributed by atoms with Crippen LogP contribution in [0.2, 0.25) is 18.1 Å². The van der Waals surface area contributed by atoms with E-state index in [1.54, 1.807) is 12.2 Å². The lowest BCUT2D eigenvalue weighted by Crippen LogP contribution is -2.58. The SMILES string of the molecule is C#C/C=C\C#C[C@@]1(O[Si](C)(C)C(C)(C)C)CC(C=O)=C[C@@H]2OC3(CCCCC3)O[C@@H]21. The van der Waals surface area contributed by atoms with Crippen molar-refractivity contribution in [1.82, 2.24) is 0 Å². The number of ether oxygens (including phenoxy) is 2. The summed E-state index contributed by atoms with van der Waals surface area (Å²) in [6.45, 7) is 11.0. The predicted molar refractivity (Wildman–Crippen MR) is 121 cm³/mol. The van der Waals surface area contributed by atoms with Gasteiger partial charge >= 0.3 is 0 Å². The molecule has 0 aromatic heterocycles. The number of allylic oxidation sites excluding steroid dienone is 2. The number of aldehydes is 1. The molecule has 162 valence electrons. The third-order valence-electron chi connectivity index (χ3n) is 6.85. The first-order valence-corrected chi connectivity index (χ1v) is 13.8. The van der Waals surface area contributed by atoms with Crippen LogP contribution in [0.5, 0.6) is 0 Å². The maximum atomic E-state index is 11.8. The van der Waals surface area contributed by atoms with Crippen LogP contribution in [0.25, 0.3) is 0 Å². The predicted octanol–water partition coefficient (Wildman–Crippen LogP) is 4.91. The zero-order chi connectivity index (χ0) is 22.0. The highest BCUT2D eigenvalue weighted by Gasteiger charge is 2.60. The van der Waals surface area contributed by atoms with Crippen molar-refractivity contribution in [3.05, 3.63) is 23.8 Å². The highest BCUT2D eigenvalue weighted by Crippen LogP contribution is 2.50. The van der Waals surface area contributed by atoms with Crippen molar-refractivity contribution in [1.29, 1.82) is 0 Å². The van der Waals surface area contributed by atoms with E-state index in [9.17, 15) is 4.79 Å². The average Bonchev–Trinajstić information content (AvgIpc) is 3.03. The number of rotatable bonds is 3. The lowest BCUT2D eigenvalue weighted by Gasteiger charge is -2.47. The summed E-state index contributed by atoms with van der Waals surface area (Å²) >= 11 is 0. The van der Waals surface area contributed by atoms with Gasteiger partial charge in [-0.1, -0.05) is 45.0 Å². The summed E-state index contributed by atoms with van der Waals surface area (Å²) in [7, 11) is -2.24. The molecule has 1 saturated heterocycles. The molecule has 0 aromatic rings. The summed E-state index contributed by atoms with van der Waals surface area (Å²) in [5.74, 6) is 8.26. The van der Waals surface area contributed by atoms with Crippen LogP contribution in [0.3, 0.4) is 0 Å². The molecular weight excluding hydrogens is 392 g/mol. The number of fused-ring (bicyclic) bond motifs is 1. The summed E-state index contributed by atoms with van der Waals surface area (Å²) in [5.41, 5.74) is -0.292. The molecule has 3 atom stereocenters. The summed E-state index contributed by atoms with van der Waals surface area (Å²) in [5, 5.41) is -0.0175. The van der Waals surface area contributed by atoms with E-state index in [2.05, 4.69) is 51.6 Å². The summed E-state index contributed by atoms with van der Waals surface area (Å²) in [6.07, 6.45) is 16.1. The van der Waals surface area contributed by atoms with Gasteiger partial charge in [0.05, 0.1) is 0 Å². The van der Waals surface area contributed by atoms with E-state index >= 15 is 0 Å². The molecule has 5 heteroatoms. The largest absolute Gasteiger partial charge is 0.398 e. The molecule has 30 heavy (non-hydrogen) atoms. The van der Waals surface area contributed by atoms with Crippen molar-refractivity contribution in [2.45, 2.75) is 101 Å². The molecule has 0 amide bonds. The quantitative estimate of drug-likeness (QED) is 0.365. The smallest absolute Gasteiger partial charge is 0.194 e. The molecule has 1 saturated carbocycles. The van der Waals surface area contributed by atoms with Crippen LogP contribution in [0, 0.1) is 24.2 Å². The Hall–Kier alpha value is -1.63. The van der Waals surface area contributed by atoms with Crippen molar-refractivity contribution in [2.24, 2.45) is 0 Å². The highest BCUT2D eigenvalue weighted by atomic mass is 28.4. The molecule has 2 aliphatic carbocycles. The van der Waals surface area contributed by atoms with Gasteiger partial charge in [-0.25, -0.2) is 0 Å². The van der Waals surface area contributed by atoms with Gasteiger partial charge in [-0.05, 0) is 54.8 Å². The van der Waals surface area contributed by atoms with Crippen LogP contribution in [0.15, 0.2) is 23.8 Å². The molecule has 4 nitrogen and oxygen atoms in total. The first kappa shape index (κ1) is 23.0. The Morgan fingerprint density at radius 2 is 1.90 bits per heavy atom. The van der Waals surface area contributed by atoms with Gasteiger partial charge < -0.3 is 13.9 Å². The van der Waals surface area contributed by atoms with Gasteiger partial charge in [-0.3, -0.25) is 4.79 Å². The van der Waals surface area contributed by atoms with Gasteiger partial charge in [0.15, 0.2) is 19.7 Å². The van der Waals surface area contributed by atoms with Crippen molar-refractivity contribution in [3.63, 3.8) is 0 Å². The standard InChI is InChI=1S/C25H34O4Si/c1-7-8-9-11-14-24(29-30(5,6)23(2,3)4)18-20(19-26)17-21-22(24)28-25(27-21)15-12-10-13-16-25/h1,8-9,17,19,21-22H,10,12-13,15-16,18H2,2-6H3/b9-8-/t21-,22-,24+/m0/s1. The topological polar surface area (TPSA) is 44.8 Å². The lowest BCUT2D eigenvalue weighted by atomic mass is 9.81. The third kappa shape index (κ3) is 4.51. The fourth-order valence-electron chi connectivity index (χ4n) is 4.30. The minimum absolute atomic E-state index is 0.0175. The third-order valence-corrected chi connectivity index (χ3v) is 11.3. The summed E-state index contributed by atoms with van der Waals surface area (Å²) in [4.78, 5) is 11.8. The van der Waals surface area contributed by atoms with E-state index in [-0.39, 0.29) is 17.2 Å². The normalized spacial score (nSPS) is 30.9. The van der Waals surface area contributed by atoms with Gasteiger partial charge in [-0.15, -0.1) is 6.42 Å². The van der Waals surface area contributed by atoms with E-state index in [0.717, 1.165) is 32.0 Å². The molecule has 0 bridgehead atoms. The minimum Gasteiger partial charge on any atom is -0.398 e. The van der Waals surface area contributed by atoms with Crippen LogP contribution in [0.4, 0.5) is 0 Å². The minimum atomic E-state index is -2.24. The van der Waals surface area contributed by atoms with Crippen molar-refractivity contribution >= 4 is 14.6 Å². The van der Waals surface area contributed by atoms with Crippen LogP contribution >= 0.6 is 0 Å². The Balaban J connectivity index is 2.07. The van der Waals surface area contributed by atoms with E-state index in [0.29, 0.717) is 12.0 Å². The fourth-order valence-corrected chi connectivity index (χ4v) is 5.75. The molecule has 2 fully saturated rings. The molecular formula is C25H34O4Si. The van der Waals surface area contributed by atoms with Crippen LogP contribution in [0.1, 0.15) is 59.3 Å². The number of hydrogen-bond acceptors (Lipinski definition) is 4. The van der Waals surface area contributed by atoms with E-state index < -0.39 is 19.7 Å². The molecule has 3 rings (SSSR count). The highest BCUT2D eigenvalue weighted by molar-refractivity contribution is 6.74. The molecule has 0 unspecified atom stereocenters. The van der Waals surface area contributed by atoms with Crippen LogP contribution in [-0.2, 0) is 18.7 Å². The van der Waals surface area contributed by atoms with Crippen molar-refractivity contribution in [2.75, 3.05) is 0 Å². The van der Waals surface area contributed by atoms with E-state index in [1.807, 2.05) is 6.08 Å². The Labute approximate surface area is 182 Å². The second kappa shape index (κ2) is 8.48. The fraction of sp³-hybridized carbons (Fsp3) is 0.640. The molecule has 3 aliphatic rings. The van der Waals surface area contributed by atoms with Gasteiger partial charge in [0.25, 0.3) is 0 Å². The van der Waals surface area contributed by atoms with Gasteiger partial charge in [-0.2, -0.15) is 0 Å². The van der Waals surface area contributed by atoms with E-state index in [4.69, 9.17) is 20.3 Å². The maximum Gasteiger partial charge on any atom is 0.194 e. The monoisotopic (exact) mass is 426 g/mol. The summed E-state index contributed by atoms with van der Waals surface area (Å²) < 4.78 is 20.1. The zero-order valence-corrected chi connectivity index (χ0v) is 19.9. The second-order valence-corrected chi connectivity index (χ2v) is 14.9.